The molecule has 0 aliphatic heterocycles. The first-order valence-corrected chi connectivity index (χ1v) is 13.0. The maximum Gasteiger partial charge on any atom is 0.225 e. The Morgan fingerprint density at radius 3 is 2.50 bits per heavy atom. The fourth-order valence-electron chi connectivity index (χ4n) is 5.62. The summed E-state index contributed by atoms with van der Waals surface area (Å²) >= 11 is 0. The standard InChI is InChI=1S/C28H42N4O2/c1-17(2)11-20-13-21(14-20)26-30-31-27(32(26)23-8-9-23)22(16-28(5,6)34)15-25(33)29-24-10-7-18(3)12-19(24)4/h7,10,12,17,20-23,34H,8-9,11,13-16H2,1-6H3,(H,29,33)/t20-,21+,22-/m1/s1. The first-order chi connectivity index (χ1) is 16.0. The first kappa shape index (κ1) is 24.9. The van der Waals surface area contributed by atoms with Gasteiger partial charge in [0.15, 0.2) is 0 Å². The van der Waals surface area contributed by atoms with Crippen LogP contribution in [-0.4, -0.2) is 31.4 Å². The number of carbonyl (C=O) groups excluding carboxylic acids is 1. The molecular weight excluding hydrogens is 424 g/mol. The molecule has 2 N–H and O–H groups in total. The van der Waals surface area contributed by atoms with Crippen LogP contribution in [-0.2, 0) is 4.79 Å². The Balaban J connectivity index is 1.54. The summed E-state index contributed by atoms with van der Waals surface area (Å²) in [5, 5.41) is 23.1. The predicted octanol–water partition coefficient (Wildman–Crippen LogP) is 6.04. The molecule has 1 amide bonds. The number of amides is 1. The quantitative estimate of drug-likeness (QED) is 0.447. The number of aliphatic hydroxyl groups is 1. The molecule has 0 bridgehead atoms. The molecule has 0 spiro atoms. The smallest absolute Gasteiger partial charge is 0.225 e. The Bertz CT molecular complexity index is 1010. The Morgan fingerprint density at radius 1 is 1.21 bits per heavy atom. The zero-order chi connectivity index (χ0) is 24.6. The van der Waals surface area contributed by atoms with Crippen LogP contribution in [0.2, 0.25) is 0 Å². The van der Waals surface area contributed by atoms with Gasteiger partial charge in [0.05, 0.1) is 5.60 Å². The summed E-state index contributed by atoms with van der Waals surface area (Å²) in [5.74, 6) is 3.74. The Morgan fingerprint density at radius 2 is 1.91 bits per heavy atom. The van der Waals surface area contributed by atoms with Crippen molar-refractivity contribution in [1.82, 2.24) is 14.8 Å². The van der Waals surface area contributed by atoms with Crippen LogP contribution in [0.25, 0.3) is 0 Å². The normalized spacial score (nSPS) is 21.4. The van der Waals surface area contributed by atoms with Crippen LogP contribution in [0.5, 0.6) is 0 Å². The lowest BCUT2D eigenvalue weighted by Crippen LogP contribution is -2.28. The second-order valence-corrected chi connectivity index (χ2v) is 12.0. The Hall–Kier alpha value is -2.21. The van der Waals surface area contributed by atoms with E-state index in [1.807, 2.05) is 39.8 Å². The summed E-state index contributed by atoms with van der Waals surface area (Å²) in [7, 11) is 0. The van der Waals surface area contributed by atoms with Crippen molar-refractivity contribution < 1.29 is 9.90 Å². The van der Waals surface area contributed by atoms with Crippen molar-refractivity contribution in [3.63, 3.8) is 0 Å². The van der Waals surface area contributed by atoms with Gasteiger partial charge in [-0.1, -0.05) is 31.5 Å². The van der Waals surface area contributed by atoms with Crippen molar-refractivity contribution in [3.8, 4) is 0 Å². The van der Waals surface area contributed by atoms with Crippen LogP contribution >= 0.6 is 0 Å². The van der Waals surface area contributed by atoms with Crippen LogP contribution in [0.15, 0.2) is 18.2 Å². The second kappa shape index (κ2) is 9.80. The van der Waals surface area contributed by atoms with Crippen molar-refractivity contribution in [2.24, 2.45) is 11.8 Å². The maximum absolute atomic E-state index is 13.1. The summed E-state index contributed by atoms with van der Waals surface area (Å²) < 4.78 is 2.34. The lowest BCUT2D eigenvalue weighted by atomic mass is 9.71. The highest BCUT2D eigenvalue weighted by Crippen LogP contribution is 2.48. The highest BCUT2D eigenvalue weighted by atomic mass is 16.3. The van der Waals surface area contributed by atoms with Gasteiger partial charge in [-0.05, 0) is 89.7 Å². The van der Waals surface area contributed by atoms with E-state index < -0.39 is 5.60 Å². The van der Waals surface area contributed by atoms with E-state index in [1.54, 1.807) is 0 Å². The summed E-state index contributed by atoms with van der Waals surface area (Å²) in [5.41, 5.74) is 2.17. The number of aryl methyl sites for hydroxylation is 2. The molecule has 0 radical (unpaired) electrons. The Labute approximate surface area is 204 Å². The molecule has 1 aromatic carbocycles. The van der Waals surface area contributed by atoms with Crippen molar-refractivity contribution >= 4 is 11.6 Å². The van der Waals surface area contributed by atoms with Gasteiger partial charge in [0.25, 0.3) is 0 Å². The van der Waals surface area contributed by atoms with E-state index in [-0.39, 0.29) is 18.2 Å². The highest BCUT2D eigenvalue weighted by Gasteiger charge is 2.40. The van der Waals surface area contributed by atoms with Gasteiger partial charge in [0, 0.05) is 30.0 Å². The SMILES string of the molecule is Cc1ccc(NC(=O)C[C@H](CC(C)(C)O)c2nnc([C@H]3C[C@@H](CC(C)C)C3)n2C2CC2)c(C)c1. The summed E-state index contributed by atoms with van der Waals surface area (Å²) in [6, 6.07) is 6.49. The van der Waals surface area contributed by atoms with Gasteiger partial charge in [-0.15, -0.1) is 10.2 Å². The van der Waals surface area contributed by atoms with Crippen molar-refractivity contribution in [2.45, 2.75) is 110 Å². The third-order valence-corrected chi connectivity index (χ3v) is 7.27. The Kier molecular flexibility index (Phi) is 7.18. The summed E-state index contributed by atoms with van der Waals surface area (Å²) in [6.07, 6.45) is 6.69. The lowest BCUT2D eigenvalue weighted by Gasteiger charge is -2.36. The van der Waals surface area contributed by atoms with E-state index in [9.17, 15) is 9.90 Å². The molecule has 0 unspecified atom stereocenters. The fourth-order valence-corrected chi connectivity index (χ4v) is 5.62. The van der Waals surface area contributed by atoms with Gasteiger partial charge >= 0.3 is 0 Å². The number of hydrogen-bond donors (Lipinski definition) is 2. The average molecular weight is 467 g/mol. The van der Waals surface area contributed by atoms with Gasteiger partial charge in [-0.25, -0.2) is 0 Å². The molecule has 6 heteroatoms. The lowest BCUT2D eigenvalue weighted by molar-refractivity contribution is -0.116. The van der Waals surface area contributed by atoms with Gasteiger partial charge in [-0.2, -0.15) is 0 Å². The molecule has 34 heavy (non-hydrogen) atoms. The molecule has 2 aromatic rings. The molecule has 0 saturated heterocycles. The number of carbonyl (C=O) groups is 1. The van der Waals surface area contributed by atoms with Crippen molar-refractivity contribution in [1.29, 1.82) is 0 Å². The predicted molar refractivity (Wildman–Crippen MR) is 136 cm³/mol. The van der Waals surface area contributed by atoms with Crippen LogP contribution in [0.1, 0.15) is 113 Å². The van der Waals surface area contributed by atoms with E-state index >= 15 is 0 Å². The van der Waals surface area contributed by atoms with Gasteiger partial charge in [-0.3, -0.25) is 4.79 Å². The van der Waals surface area contributed by atoms with Crippen molar-refractivity contribution in [3.05, 3.63) is 41.0 Å². The molecule has 2 fully saturated rings. The molecule has 1 heterocycles. The van der Waals surface area contributed by atoms with Crippen LogP contribution in [0.3, 0.4) is 0 Å². The van der Waals surface area contributed by atoms with Crippen molar-refractivity contribution in [2.75, 3.05) is 5.32 Å². The van der Waals surface area contributed by atoms with Crippen LogP contribution in [0.4, 0.5) is 5.69 Å². The fraction of sp³-hybridized carbons (Fsp3) is 0.679. The van der Waals surface area contributed by atoms with Crippen LogP contribution < -0.4 is 5.32 Å². The second-order valence-electron chi connectivity index (χ2n) is 12.0. The van der Waals surface area contributed by atoms with E-state index in [0.29, 0.717) is 18.4 Å². The van der Waals surface area contributed by atoms with Crippen LogP contribution in [0, 0.1) is 25.7 Å². The average Bonchev–Trinajstić information content (AvgIpc) is 3.43. The minimum Gasteiger partial charge on any atom is -0.390 e. The largest absolute Gasteiger partial charge is 0.390 e. The van der Waals surface area contributed by atoms with Gasteiger partial charge in [0.2, 0.25) is 5.91 Å². The van der Waals surface area contributed by atoms with E-state index in [2.05, 4.69) is 40.0 Å². The zero-order valence-electron chi connectivity index (χ0n) is 21.8. The van der Waals surface area contributed by atoms with E-state index in [1.165, 1.54) is 24.8 Å². The number of anilines is 1. The number of aromatic nitrogens is 3. The molecule has 1 atom stereocenters. The summed E-state index contributed by atoms with van der Waals surface area (Å²) in [6.45, 7) is 12.3. The molecule has 4 rings (SSSR count). The summed E-state index contributed by atoms with van der Waals surface area (Å²) in [4.78, 5) is 13.1. The maximum atomic E-state index is 13.1. The minimum atomic E-state index is -0.899. The van der Waals surface area contributed by atoms with Gasteiger partial charge < -0.3 is 15.0 Å². The van der Waals surface area contributed by atoms with Gasteiger partial charge in [0.1, 0.15) is 11.6 Å². The number of benzene rings is 1. The molecule has 2 aliphatic carbocycles. The zero-order valence-corrected chi connectivity index (χ0v) is 21.8. The molecule has 6 nitrogen and oxygen atoms in total. The molecule has 1 aromatic heterocycles. The minimum absolute atomic E-state index is 0.0475. The highest BCUT2D eigenvalue weighted by molar-refractivity contribution is 5.92. The number of hydrogen-bond acceptors (Lipinski definition) is 4. The first-order valence-electron chi connectivity index (χ1n) is 13.0. The monoisotopic (exact) mass is 466 g/mol. The molecule has 2 saturated carbocycles. The topological polar surface area (TPSA) is 80.0 Å². The number of nitrogens with one attached hydrogen (secondary N) is 1. The number of nitrogens with zero attached hydrogens (tertiary/aromatic N) is 3. The molecule has 186 valence electrons. The third kappa shape index (κ3) is 6.07. The van der Waals surface area contributed by atoms with E-state index in [4.69, 9.17) is 0 Å². The van der Waals surface area contributed by atoms with E-state index in [0.717, 1.165) is 47.6 Å². The number of rotatable bonds is 10. The molecule has 2 aliphatic rings. The molecular formula is C28H42N4O2. The third-order valence-electron chi connectivity index (χ3n) is 7.27.